The van der Waals surface area contributed by atoms with Crippen molar-refractivity contribution < 1.29 is 13.9 Å². The van der Waals surface area contributed by atoms with Gasteiger partial charge in [0.15, 0.2) is 5.96 Å². The molecule has 3 aliphatic rings. The molecule has 0 aliphatic carbocycles. The van der Waals surface area contributed by atoms with Gasteiger partial charge in [-0.15, -0.1) is 24.0 Å². The van der Waals surface area contributed by atoms with Gasteiger partial charge in [-0.25, -0.2) is 4.39 Å². The normalized spacial score (nSPS) is 23.9. The molecule has 0 bridgehead atoms. The highest BCUT2D eigenvalue weighted by atomic mass is 127. The van der Waals surface area contributed by atoms with E-state index in [1.165, 1.54) is 12.1 Å². The molecule has 4 rings (SSSR count). The number of carbonyl (C=O) groups is 1. The summed E-state index contributed by atoms with van der Waals surface area (Å²) in [4.78, 5) is 23.5. The minimum Gasteiger partial charge on any atom is -0.381 e. The smallest absolute Gasteiger partial charge is 0.224 e. The maximum atomic E-state index is 13.1. The van der Waals surface area contributed by atoms with Gasteiger partial charge < -0.3 is 24.8 Å². The lowest BCUT2D eigenvalue weighted by atomic mass is 9.87. The molecule has 1 aromatic rings. The van der Waals surface area contributed by atoms with Gasteiger partial charge in [-0.2, -0.15) is 0 Å². The zero-order chi connectivity index (χ0) is 21.0. The van der Waals surface area contributed by atoms with E-state index in [2.05, 4.69) is 20.1 Å². The minimum absolute atomic E-state index is 0. The number of rotatable bonds is 4. The number of hydrogen-bond acceptors (Lipinski definition) is 4. The van der Waals surface area contributed by atoms with Crippen LogP contribution in [0.15, 0.2) is 29.3 Å². The van der Waals surface area contributed by atoms with E-state index < -0.39 is 0 Å². The lowest BCUT2D eigenvalue weighted by Gasteiger charge is -2.36. The fraction of sp³-hybridized carbons (Fsp3) is 0.636. The van der Waals surface area contributed by atoms with Gasteiger partial charge in [-0.05, 0) is 37.1 Å². The summed E-state index contributed by atoms with van der Waals surface area (Å²) in [7, 11) is 1.80. The molecule has 3 heterocycles. The second-order valence-corrected chi connectivity index (χ2v) is 8.54. The van der Waals surface area contributed by atoms with Crippen LogP contribution in [0.4, 0.5) is 10.1 Å². The summed E-state index contributed by atoms with van der Waals surface area (Å²) in [6.45, 7) is 7.19. The van der Waals surface area contributed by atoms with Gasteiger partial charge >= 0.3 is 0 Å². The highest BCUT2D eigenvalue weighted by Crippen LogP contribution is 2.38. The van der Waals surface area contributed by atoms with E-state index in [0.29, 0.717) is 26.1 Å². The van der Waals surface area contributed by atoms with Crippen LogP contribution in [0.5, 0.6) is 0 Å². The van der Waals surface area contributed by atoms with Crippen LogP contribution in [-0.2, 0) is 9.53 Å². The van der Waals surface area contributed by atoms with Crippen molar-refractivity contribution in [3.63, 3.8) is 0 Å². The lowest BCUT2D eigenvalue weighted by Crippen LogP contribution is -2.49. The first-order valence-corrected chi connectivity index (χ1v) is 10.9. The number of hydrogen-bond donors (Lipinski definition) is 1. The topological polar surface area (TPSA) is 60.4 Å². The van der Waals surface area contributed by atoms with Gasteiger partial charge in [0.1, 0.15) is 5.82 Å². The summed E-state index contributed by atoms with van der Waals surface area (Å²) in [6.07, 6.45) is 2.73. The molecule has 1 amide bonds. The van der Waals surface area contributed by atoms with Crippen molar-refractivity contribution in [3.8, 4) is 0 Å². The van der Waals surface area contributed by atoms with Crippen molar-refractivity contribution in [1.29, 1.82) is 0 Å². The highest BCUT2D eigenvalue weighted by Gasteiger charge is 2.42. The van der Waals surface area contributed by atoms with Crippen LogP contribution in [0.3, 0.4) is 0 Å². The largest absolute Gasteiger partial charge is 0.381 e. The maximum absolute atomic E-state index is 13.1. The molecule has 3 saturated heterocycles. The summed E-state index contributed by atoms with van der Waals surface area (Å²) in [6, 6.07) is 6.55. The average molecular weight is 545 g/mol. The van der Waals surface area contributed by atoms with E-state index in [1.54, 1.807) is 19.2 Å². The standard InChI is InChI=1S/C22H32FN5O2.HI/c1-24-21(28-10-7-22(16-28)8-15-30-17-22)25-9-6-20(29)27-13-11-26(12-14-27)19-4-2-18(23)3-5-19;/h2-5H,6-17H2,1H3,(H,24,25);1H. The second-order valence-electron chi connectivity index (χ2n) is 8.54. The molecular formula is C22H33FIN5O2. The van der Waals surface area contributed by atoms with E-state index in [-0.39, 0.29) is 41.1 Å². The minimum atomic E-state index is -0.226. The number of guanidine groups is 1. The van der Waals surface area contributed by atoms with Gasteiger partial charge in [0, 0.05) is 77.0 Å². The molecule has 31 heavy (non-hydrogen) atoms. The first kappa shape index (κ1) is 24.0. The van der Waals surface area contributed by atoms with E-state index in [0.717, 1.165) is 63.9 Å². The predicted molar refractivity (Wildman–Crippen MR) is 131 cm³/mol. The van der Waals surface area contributed by atoms with Crippen LogP contribution in [-0.4, -0.2) is 87.7 Å². The molecule has 0 radical (unpaired) electrons. The van der Waals surface area contributed by atoms with Gasteiger partial charge in [-0.1, -0.05) is 0 Å². The first-order valence-electron chi connectivity index (χ1n) is 10.9. The summed E-state index contributed by atoms with van der Waals surface area (Å²) in [5.74, 6) is 0.822. The summed E-state index contributed by atoms with van der Waals surface area (Å²) >= 11 is 0. The van der Waals surface area contributed by atoms with Crippen LogP contribution in [0.2, 0.25) is 0 Å². The summed E-state index contributed by atoms with van der Waals surface area (Å²) in [5, 5.41) is 3.37. The van der Waals surface area contributed by atoms with E-state index in [4.69, 9.17) is 4.74 Å². The third-order valence-electron chi connectivity index (χ3n) is 6.58. The molecule has 172 valence electrons. The number of aliphatic imine (C=N–C) groups is 1. The molecule has 1 N–H and O–H groups in total. The molecule has 7 nitrogen and oxygen atoms in total. The van der Waals surface area contributed by atoms with Crippen molar-refractivity contribution >= 4 is 41.5 Å². The Kier molecular flexibility index (Phi) is 8.37. The Morgan fingerprint density at radius 1 is 1.13 bits per heavy atom. The summed E-state index contributed by atoms with van der Waals surface area (Å²) in [5.41, 5.74) is 1.29. The van der Waals surface area contributed by atoms with Crippen molar-refractivity contribution in [2.45, 2.75) is 19.3 Å². The molecule has 3 fully saturated rings. The highest BCUT2D eigenvalue weighted by molar-refractivity contribution is 14.0. The summed E-state index contributed by atoms with van der Waals surface area (Å²) < 4.78 is 18.7. The van der Waals surface area contributed by atoms with Gasteiger partial charge in [0.2, 0.25) is 5.91 Å². The number of amides is 1. The molecule has 3 aliphatic heterocycles. The zero-order valence-electron chi connectivity index (χ0n) is 18.2. The van der Waals surface area contributed by atoms with Crippen LogP contribution in [0.25, 0.3) is 0 Å². The Balaban J connectivity index is 0.00000272. The number of piperazine rings is 1. The molecule has 1 spiro atoms. The quantitative estimate of drug-likeness (QED) is 0.357. The van der Waals surface area contributed by atoms with Crippen molar-refractivity contribution in [1.82, 2.24) is 15.1 Å². The molecule has 9 heteroatoms. The fourth-order valence-corrected chi connectivity index (χ4v) is 4.72. The predicted octanol–water partition coefficient (Wildman–Crippen LogP) is 2.17. The third kappa shape index (κ3) is 5.79. The fourth-order valence-electron chi connectivity index (χ4n) is 4.72. The third-order valence-corrected chi connectivity index (χ3v) is 6.58. The van der Waals surface area contributed by atoms with Gasteiger partial charge in [-0.3, -0.25) is 9.79 Å². The van der Waals surface area contributed by atoms with E-state index >= 15 is 0 Å². The lowest BCUT2D eigenvalue weighted by molar-refractivity contribution is -0.131. The second kappa shape index (κ2) is 10.8. The van der Waals surface area contributed by atoms with Crippen molar-refractivity contribution in [2.24, 2.45) is 10.4 Å². The Bertz CT molecular complexity index is 762. The number of halogens is 2. The Hall–Kier alpha value is -1.62. The Labute approximate surface area is 201 Å². The maximum Gasteiger partial charge on any atom is 0.224 e. The first-order chi connectivity index (χ1) is 14.6. The van der Waals surface area contributed by atoms with Crippen LogP contribution in [0.1, 0.15) is 19.3 Å². The van der Waals surface area contributed by atoms with Crippen LogP contribution >= 0.6 is 24.0 Å². The number of ether oxygens (including phenoxy) is 1. The SMILES string of the molecule is CN=C(NCCC(=O)N1CCN(c2ccc(F)cc2)CC1)N1CCC2(CCOC2)C1.I. The Morgan fingerprint density at radius 3 is 2.52 bits per heavy atom. The van der Waals surface area contributed by atoms with Crippen LogP contribution in [0, 0.1) is 11.2 Å². The molecule has 1 unspecified atom stereocenters. The number of carbonyl (C=O) groups excluding carboxylic acids is 1. The molecular weight excluding hydrogens is 512 g/mol. The van der Waals surface area contributed by atoms with Crippen molar-refractivity contribution in [3.05, 3.63) is 30.1 Å². The van der Waals surface area contributed by atoms with Crippen molar-refractivity contribution in [2.75, 3.05) is 71.0 Å². The van der Waals surface area contributed by atoms with Gasteiger partial charge in [0.25, 0.3) is 0 Å². The number of anilines is 1. The number of nitrogens with one attached hydrogen (secondary N) is 1. The number of benzene rings is 1. The monoisotopic (exact) mass is 545 g/mol. The molecule has 0 saturated carbocycles. The average Bonchev–Trinajstić information content (AvgIpc) is 3.41. The van der Waals surface area contributed by atoms with Gasteiger partial charge in [0.05, 0.1) is 6.61 Å². The zero-order valence-corrected chi connectivity index (χ0v) is 20.5. The number of nitrogens with zero attached hydrogens (tertiary/aromatic N) is 4. The molecule has 1 atom stereocenters. The number of likely N-dealkylation sites (tertiary alicyclic amines) is 1. The van der Waals surface area contributed by atoms with E-state index in [9.17, 15) is 9.18 Å². The Morgan fingerprint density at radius 2 is 1.87 bits per heavy atom. The molecule has 1 aromatic carbocycles. The van der Waals surface area contributed by atoms with Crippen LogP contribution < -0.4 is 10.2 Å². The van der Waals surface area contributed by atoms with E-state index in [1.807, 2.05) is 4.90 Å². The molecule has 0 aromatic heterocycles.